The first-order chi connectivity index (χ1) is 19.2. The summed E-state index contributed by atoms with van der Waals surface area (Å²) in [5.74, 6) is -3.09. The fourth-order valence-electron chi connectivity index (χ4n) is 2.93. The average Bonchev–Trinajstić information content (AvgIpc) is 3.58. The number of nitrogens with zero attached hydrogens (tertiary/aromatic N) is 2. The highest BCUT2D eigenvalue weighted by molar-refractivity contribution is 8.26. The number of carbonyl (C=O) groups excluding carboxylic acids is 4. The van der Waals surface area contributed by atoms with Crippen LogP contribution in [0.25, 0.3) is 0 Å². The monoisotopic (exact) mass is 624 g/mol. The Bertz CT molecular complexity index is 1260. The third-order valence-electron chi connectivity index (χ3n) is 4.71. The molecule has 0 atom stereocenters. The topological polar surface area (TPSA) is 193 Å². The molecule has 1 aromatic rings. The molecule has 2 aliphatic rings. The van der Waals surface area contributed by atoms with E-state index in [9.17, 15) is 29.7 Å². The number of esters is 4. The summed E-state index contributed by atoms with van der Waals surface area (Å²) in [5, 5.41) is 37.3. The smallest absolute Gasteiger partial charge is 0.350 e. The van der Waals surface area contributed by atoms with Gasteiger partial charge in [-0.3, -0.25) is 9.59 Å². The van der Waals surface area contributed by atoms with Crippen LogP contribution < -0.4 is 9.47 Å². The Morgan fingerprint density at radius 2 is 1.00 bits per heavy atom. The Kier molecular flexibility index (Phi) is 11.4. The second-order valence-electron chi connectivity index (χ2n) is 7.31. The van der Waals surface area contributed by atoms with Gasteiger partial charge in [-0.2, -0.15) is 10.5 Å². The van der Waals surface area contributed by atoms with E-state index in [2.05, 4.69) is 0 Å². The van der Waals surface area contributed by atoms with Crippen molar-refractivity contribution in [3.63, 3.8) is 0 Å². The highest BCUT2D eigenvalue weighted by Gasteiger charge is 2.41. The molecule has 12 nitrogen and oxygen atoms in total. The quantitative estimate of drug-likeness (QED) is 0.166. The Hall–Kier alpha value is -3.12. The van der Waals surface area contributed by atoms with Gasteiger partial charge in [0.05, 0.1) is 41.3 Å². The number of ether oxygens (including phenoxy) is 4. The second kappa shape index (κ2) is 14.5. The molecular weight excluding hydrogens is 605 g/mol. The summed E-state index contributed by atoms with van der Waals surface area (Å²) in [6.07, 6.45) is 0.00991. The standard InChI is InChI=1S/C24H20N2O10S4/c1-3-13(29)35-15-17-19(39-23(37-17)11(9-25)21(31)33-7-5-27)16(36-14(30)4-2)20-18(15)38-24(40-20)12(10-26)22(32)34-8-6-28/h27-28H,3-8H2,1-2H3. The highest BCUT2D eigenvalue weighted by atomic mass is 32.2. The Morgan fingerprint density at radius 3 is 1.25 bits per heavy atom. The van der Waals surface area contributed by atoms with Crippen molar-refractivity contribution >= 4 is 70.9 Å². The summed E-state index contributed by atoms with van der Waals surface area (Å²) in [7, 11) is 0. The molecule has 0 unspecified atom stereocenters. The number of aliphatic hydroxyl groups is 2. The molecule has 40 heavy (non-hydrogen) atoms. The van der Waals surface area contributed by atoms with Crippen LogP contribution in [0.4, 0.5) is 0 Å². The van der Waals surface area contributed by atoms with Crippen molar-refractivity contribution in [2.24, 2.45) is 0 Å². The second-order valence-corrected chi connectivity index (χ2v) is 11.9. The molecule has 0 fully saturated rings. The minimum absolute atomic E-state index is 0.00495. The van der Waals surface area contributed by atoms with Crippen LogP contribution in [-0.4, -0.2) is 60.5 Å². The van der Waals surface area contributed by atoms with E-state index < -0.39 is 37.1 Å². The van der Waals surface area contributed by atoms with Crippen molar-refractivity contribution in [1.29, 1.82) is 10.5 Å². The molecule has 2 N–H and O–H groups in total. The van der Waals surface area contributed by atoms with Crippen LogP contribution in [0, 0.1) is 22.7 Å². The molecule has 0 saturated carbocycles. The minimum atomic E-state index is -0.972. The maximum Gasteiger partial charge on any atom is 0.350 e. The molecule has 0 aliphatic carbocycles. The lowest BCUT2D eigenvalue weighted by Gasteiger charge is -2.16. The summed E-state index contributed by atoms with van der Waals surface area (Å²) < 4.78 is 21.4. The minimum Gasteiger partial charge on any atom is -0.459 e. The van der Waals surface area contributed by atoms with Crippen molar-refractivity contribution in [1.82, 2.24) is 0 Å². The maximum atomic E-state index is 12.5. The Morgan fingerprint density at radius 1 is 0.675 bits per heavy atom. The summed E-state index contributed by atoms with van der Waals surface area (Å²) in [5.41, 5.74) is -0.723. The molecular formula is C24H20N2O10S4. The number of carbonyl (C=O) groups is 4. The number of hydrogen-bond acceptors (Lipinski definition) is 16. The van der Waals surface area contributed by atoms with E-state index in [4.69, 9.17) is 29.2 Å². The molecule has 0 radical (unpaired) electrons. The fraction of sp³-hybridized carbons (Fsp3) is 0.333. The van der Waals surface area contributed by atoms with Gasteiger partial charge in [0.2, 0.25) is 0 Å². The highest BCUT2D eigenvalue weighted by Crippen LogP contribution is 2.68. The summed E-state index contributed by atoms with van der Waals surface area (Å²) in [6, 6.07) is 3.58. The van der Waals surface area contributed by atoms with Crippen molar-refractivity contribution in [2.75, 3.05) is 26.4 Å². The van der Waals surface area contributed by atoms with Crippen molar-refractivity contribution in [3.05, 3.63) is 19.6 Å². The summed E-state index contributed by atoms with van der Waals surface area (Å²) >= 11 is 3.69. The van der Waals surface area contributed by atoms with Gasteiger partial charge in [0, 0.05) is 12.8 Å². The molecule has 2 aliphatic heterocycles. The summed E-state index contributed by atoms with van der Waals surface area (Å²) in [6.45, 7) is 1.63. The van der Waals surface area contributed by atoms with E-state index in [1.165, 1.54) is 0 Å². The zero-order chi connectivity index (χ0) is 29.4. The largest absolute Gasteiger partial charge is 0.459 e. The molecule has 210 valence electrons. The van der Waals surface area contributed by atoms with E-state index in [1.54, 1.807) is 26.0 Å². The van der Waals surface area contributed by atoms with Gasteiger partial charge in [-0.05, 0) is 0 Å². The molecule has 0 spiro atoms. The number of benzene rings is 1. The third-order valence-corrected chi connectivity index (χ3v) is 9.91. The third kappa shape index (κ3) is 6.77. The molecule has 0 amide bonds. The van der Waals surface area contributed by atoms with Crippen LogP contribution in [-0.2, 0) is 28.7 Å². The SMILES string of the molecule is CCC(=O)Oc1c2c(c(OC(=O)CC)c3c1SC(=C(C#N)C(=O)OCCO)S3)SC(=C(C#N)C(=O)OCCO)S2. The Labute approximate surface area is 245 Å². The zero-order valence-corrected chi connectivity index (χ0v) is 24.2. The Balaban J connectivity index is 2.24. The predicted molar refractivity (Wildman–Crippen MR) is 143 cm³/mol. The van der Waals surface area contributed by atoms with Gasteiger partial charge in [-0.15, -0.1) is 0 Å². The zero-order valence-electron chi connectivity index (χ0n) is 20.9. The fourth-order valence-corrected chi connectivity index (χ4v) is 8.25. The van der Waals surface area contributed by atoms with E-state index in [0.717, 1.165) is 47.0 Å². The number of thioether (sulfide) groups is 4. The molecule has 0 saturated heterocycles. The number of aliphatic hydroxyl groups excluding tert-OH is 2. The van der Waals surface area contributed by atoms with E-state index >= 15 is 0 Å². The van der Waals surface area contributed by atoms with Gasteiger partial charge < -0.3 is 29.2 Å². The van der Waals surface area contributed by atoms with Crippen LogP contribution in [0.2, 0.25) is 0 Å². The lowest BCUT2D eigenvalue weighted by molar-refractivity contribution is -0.140. The van der Waals surface area contributed by atoms with Crippen molar-refractivity contribution in [3.8, 4) is 23.6 Å². The van der Waals surface area contributed by atoms with E-state index in [1.807, 2.05) is 0 Å². The molecule has 0 bridgehead atoms. The lowest BCUT2D eigenvalue weighted by atomic mass is 10.3. The first-order valence-corrected chi connectivity index (χ1v) is 14.7. The first-order valence-electron chi connectivity index (χ1n) is 11.5. The number of rotatable bonds is 10. The first kappa shape index (κ1) is 31.4. The van der Waals surface area contributed by atoms with Crippen LogP contribution >= 0.6 is 47.0 Å². The van der Waals surface area contributed by atoms with Gasteiger partial charge in [0.1, 0.15) is 25.4 Å². The molecule has 16 heteroatoms. The molecule has 0 aromatic heterocycles. The van der Waals surface area contributed by atoms with Gasteiger partial charge >= 0.3 is 23.9 Å². The normalized spacial score (nSPS) is 12.9. The van der Waals surface area contributed by atoms with Crippen LogP contribution in [0.1, 0.15) is 26.7 Å². The maximum absolute atomic E-state index is 12.5. The molecule has 2 heterocycles. The number of nitriles is 2. The summed E-state index contributed by atoms with van der Waals surface area (Å²) in [4.78, 5) is 50.9. The predicted octanol–water partition coefficient (Wildman–Crippen LogP) is 3.25. The van der Waals surface area contributed by atoms with Gasteiger partial charge in [-0.1, -0.05) is 60.9 Å². The van der Waals surface area contributed by atoms with E-state index in [-0.39, 0.29) is 76.8 Å². The molecule has 1 aromatic carbocycles. The number of hydrogen-bond donors (Lipinski definition) is 2. The van der Waals surface area contributed by atoms with Crippen LogP contribution in [0.5, 0.6) is 11.5 Å². The number of fused-ring (bicyclic) bond motifs is 2. The van der Waals surface area contributed by atoms with Crippen molar-refractivity contribution < 1.29 is 48.3 Å². The van der Waals surface area contributed by atoms with Crippen LogP contribution in [0.3, 0.4) is 0 Å². The lowest BCUT2D eigenvalue weighted by Crippen LogP contribution is -2.10. The van der Waals surface area contributed by atoms with Crippen LogP contribution in [0.15, 0.2) is 39.2 Å². The van der Waals surface area contributed by atoms with E-state index in [0.29, 0.717) is 0 Å². The van der Waals surface area contributed by atoms with Crippen molar-refractivity contribution in [2.45, 2.75) is 46.3 Å². The van der Waals surface area contributed by atoms with Gasteiger partial charge in [0.25, 0.3) is 0 Å². The average molecular weight is 625 g/mol. The van der Waals surface area contributed by atoms with Gasteiger partial charge in [0.15, 0.2) is 22.6 Å². The van der Waals surface area contributed by atoms with Gasteiger partial charge in [-0.25, -0.2) is 9.59 Å². The molecule has 3 rings (SSSR count).